The fraction of sp³-hybridized carbons (Fsp3) is 0.258. The third-order valence-electron chi connectivity index (χ3n) is 7.22. The van der Waals surface area contributed by atoms with Crippen molar-refractivity contribution in [2.24, 2.45) is 0 Å². The summed E-state index contributed by atoms with van der Waals surface area (Å²) in [6.07, 6.45) is 1.33. The maximum absolute atomic E-state index is 13.6. The number of esters is 1. The summed E-state index contributed by atoms with van der Waals surface area (Å²) in [7, 11) is 0.471. The van der Waals surface area contributed by atoms with Gasteiger partial charge in [0.05, 0.1) is 7.11 Å². The van der Waals surface area contributed by atoms with Crippen LogP contribution in [0.2, 0.25) is 0 Å². The zero-order chi connectivity index (χ0) is 27.4. The molecular formula is C31H32NO6P. The van der Waals surface area contributed by atoms with E-state index in [9.17, 15) is 9.36 Å². The number of benzene rings is 4. The Kier molecular flexibility index (Phi) is 8.15. The lowest BCUT2D eigenvalue weighted by molar-refractivity contribution is -0.143. The van der Waals surface area contributed by atoms with Crippen molar-refractivity contribution < 1.29 is 27.6 Å². The van der Waals surface area contributed by atoms with E-state index in [4.69, 9.17) is 18.2 Å². The van der Waals surface area contributed by atoms with Gasteiger partial charge in [-0.05, 0) is 53.3 Å². The monoisotopic (exact) mass is 545 g/mol. The summed E-state index contributed by atoms with van der Waals surface area (Å²) in [6, 6.07) is 27.3. The molecule has 39 heavy (non-hydrogen) atoms. The van der Waals surface area contributed by atoms with E-state index in [1.54, 1.807) is 0 Å². The van der Waals surface area contributed by atoms with Gasteiger partial charge in [0.1, 0.15) is 23.0 Å². The highest BCUT2D eigenvalue weighted by molar-refractivity contribution is 7.54. The molecule has 5 aromatic rings. The second kappa shape index (κ2) is 11.7. The van der Waals surface area contributed by atoms with E-state index >= 15 is 0 Å². The van der Waals surface area contributed by atoms with E-state index in [-0.39, 0.29) is 0 Å². The Hall–Kier alpha value is -3.48. The van der Waals surface area contributed by atoms with Gasteiger partial charge in [-0.2, -0.15) is 0 Å². The number of aryl methyl sites for hydroxylation is 1. The van der Waals surface area contributed by atoms with Gasteiger partial charge < -0.3 is 18.2 Å². The normalized spacial score (nSPS) is 13.6. The molecule has 1 aromatic heterocycles. The van der Waals surface area contributed by atoms with E-state index in [0.29, 0.717) is 19.3 Å². The highest BCUT2D eigenvalue weighted by Gasteiger charge is 2.37. The smallest absolute Gasteiger partial charge is 0.346 e. The van der Waals surface area contributed by atoms with Crippen LogP contribution in [0.3, 0.4) is 0 Å². The molecular weight excluding hydrogens is 513 g/mol. The van der Waals surface area contributed by atoms with Gasteiger partial charge in [-0.25, -0.2) is 0 Å². The summed E-state index contributed by atoms with van der Waals surface area (Å²) in [4.78, 5) is 12.9. The van der Waals surface area contributed by atoms with Gasteiger partial charge in [0.15, 0.2) is 0 Å². The first-order chi connectivity index (χ1) is 19.0. The minimum Gasteiger partial charge on any atom is -0.468 e. The van der Waals surface area contributed by atoms with Crippen LogP contribution >= 0.6 is 7.60 Å². The molecule has 0 aliphatic heterocycles. The minimum atomic E-state index is -3.59. The second-order valence-corrected chi connectivity index (χ2v) is 11.9. The Morgan fingerprint density at radius 3 is 2.31 bits per heavy atom. The molecule has 0 spiro atoms. The van der Waals surface area contributed by atoms with Crippen molar-refractivity contribution in [3.8, 4) is 0 Å². The summed E-state index contributed by atoms with van der Waals surface area (Å²) in [5.74, 6) is -1.21. The van der Waals surface area contributed by atoms with Crippen molar-refractivity contribution in [2.45, 2.75) is 31.1 Å². The average molecular weight is 546 g/mol. The molecule has 0 saturated heterocycles. The second-order valence-electron chi connectivity index (χ2n) is 9.47. The van der Waals surface area contributed by atoms with Crippen molar-refractivity contribution in [1.29, 1.82) is 0 Å². The van der Waals surface area contributed by atoms with Gasteiger partial charge in [-0.1, -0.05) is 72.8 Å². The number of hydrogen-bond acceptors (Lipinski definition) is 7. The Balaban J connectivity index is 1.42. The lowest BCUT2D eigenvalue weighted by atomic mass is 10.0. The van der Waals surface area contributed by atoms with Crippen LogP contribution in [-0.4, -0.2) is 39.1 Å². The fourth-order valence-corrected chi connectivity index (χ4v) is 6.65. The molecule has 1 heterocycles. The Morgan fingerprint density at radius 2 is 1.54 bits per heavy atom. The number of hydrogen-bond donors (Lipinski definition) is 1. The van der Waals surface area contributed by atoms with E-state index < -0.39 is 25.4 Å². The molecule has 7 nitrogen and oxygen atoms in total. The topological polar surface area (TPSA) is 87.0 Å². The van der Waals surface area contributed by atoms with Crippen LogP contribution in [0.5, 0.6) is 0 Å². The highest BCUT2D eigenvalue weighted by atomic mass is 31.2. The number of ether oxygens (including phenoxy) is 1. The first-order valence-corrected chi connectivity index (χ1v) is 14.5. The zero-order valence-electron chi connectivity index (χ0n) is 22.3. The van der Waals surface area contributed by atoms with Crippen LogP contribution in [0.1, 0.15) is 17.5 Å². The van der Waals surface area contributed by atoms with E-state index in [0.717, 1.165) is 43.8 Å². The Morgan fingerprint density at radius 1 is 0.846 bits per heavy atom. The molecule has 0 bridgehead atoms. The van der Waals surface area contributed by atoms with E-state index in [1.165, 1.54) is 21.3 Å². The number of fused-ring (bicyclic) bond motifs is 4. The van der Waals surface area contributed by atoms with Crippen molar-refractivity contribution in [3.05, 3.63) is 96.1 Å². The van der Waals surface area contributed by atoms with Gasteiger partial charge in [0.2, 0.25) is 0 Å². The average Bonchev–Trinajstić information content (AvgIpc) is 3.35. The van der Waals surface area contributed by atoms with Crippen molar-refractivity contribution >= 4 is 46.3 Å². The van der Waals surface area contributed by atoms with Gasteiger partial charge in [0.25, 0.3) is 0 Å². The van der Waals surface area contributed by atoms with Crippen LogP contribution in [0, 0.1) is 0 Å². The lowest BCUT2D eigenvalue weighted by Gasteiger charge is -2.29. The first-order valence-electron chi connectivity index (χ1n) is 12.9. The van der Waals surface area contributed by atoms with Gasteiger partial charge in [0, 0.05) is 25.0 Å². The molecule has 0 fully saturated rings. The molecule has 2 atom stereocenters. The number of para-hydroxylation sites is 1. The van der Waals surface area contributed by atoms with Gasteiger partial charge in [-0.3, -0.25) is 14.7 Å². The van der Waals surface area contributed by atoms with Crippen LogP contribution < -0.4 is 5.32 Å². The summed E-state index contributed by atoms with van der Waals surface area (Å²) < 4.78 is 35.6. The molecule has 0 saturated carbocycles. The number of furan rings is 1. The summed E-state index contributed by atoms with van der Waals surface area (Å²) in [6.45, 7) is 0. The molecule has 0 aliphatic carbocycles. The first kappa shape index (κ1) is 27.1. The SMILES string of the molecule is COC(=O)[C@H](Cc1ccc2c(c1)oc1ccccc12)N[C@@H](CCc1cccc2ccccc12)P(=O)(OC)OC. The van der Waals surface area contributed by atoms with Crippen LogP contribution in [-0.2, 0) is 36.0 Å². The van der Waals surface area contributed by atoms with Gasteiger partial charge >= 0.3 is 13.6 Å². The molecule has 0 amide bonds. The molecule has 4 aromatic carbocycles. The third kappa shape index (κ3) is 5.63. The number of carbonyl (C=O) groups is 1. The summed E-state index contributed by atoms with van der Waals surface area (Å²) in [5.41, 5.74) is 3.54. The lowest BCUT2D eigenvalue weighted by Crippen LogP contribution is -2.45. The highest BCUT2D eigenvalue weighted by Crippen LogP contribution is 2.52. The third-order valence-corrected chi connectivity index (χ3v) is 9.41. The quantitative estimate of drug-likeness (QED) is 0.143. The fourth-order valence-electron chi connectivity index (χ4n) is 5.18. The minimum absolute atomic E-state index is 0.303. The standard InChI is InChI=1S/C31H32NO6P/c1-35-31(33)27(19-21-15-17-26-25-13-6-7-14-28(25)38-29(26)20-21)32-30(39(34,36-2)37-3)18-16-23-11-8-10-22-9-4-5-12-24(22)23/h4-15,17,20,27,30,32H,16,18-19H2,1-3H3/t27-,30+/m0/s1. The predicted molar refractivity (Wildman–Crippen MR) is 154 cm³/mol. The molecule has 8 heteroatoms. The van der Waals surface area contributed by atoms with Crippen molar-refractivity contribution in [1.82, 2.24) is 5.32 Å². The number of methoxy groups -OCH3 is 1. The predicted octanol–water partition coefficient (Wildman–Crippen LogP) is 6.86. The summed E-state index contributed by atoms with van der Waals surface area (Å²) in [5, 5.41) is 7.58. The molecule has 0 aliphatic rings. The van der Waals surface area contributed by atoms with Gasteiger partial charge in [-0.15, -0.1) is 0 Å². The maximum atomic E-state index is 13.6. The Labute approximate surface area is 227 Å². The maximum Gasteiger partial charge on any atom is 0.346 e. The molecule has 5 rings (SSSR count). The zero-order valence-corrected chi connectivity index (χ0v) is 23.2. The van der Waals surface area contributed by atoms with Crippen LogP contribution in [0.4, 0.5) is 0 Å². The Bertz CT molecular complexity index is 1650. The van der Waals surface area contributed by atoms with E-state index in [2.05, 4.69) is 29.6 Å². The molecule has 202 valence electrons. The summed E-state index contributed by atoms with van der Waals surface area (Å²) >= 11 is 0. The molecule has 1 N–H and O–H groups in total. The number of nitrogens with one attached hydrogen (secondary N) is 1. The largest absolute Gasteiger partial charge is 0.468 e. The van der Waals surface area contributed by atoms with Crippen molar-refractivity contribution in [2.75, 3.05) is 21.3 Å². The van der Waals surface area contributed by atoms with E-state index in [1.807, 2.05) is 60.7 Å². The number of carbonyl (C=O) groups excluding carboxylic acids is 1. The molecule has 0 unspecified atom stereocenters. The van der Waals surface area contributed by atoms with Crippen LogP contribution in [0.25, 0.3) is 32.7 Å². The molecule has 0 radical (unpaired) electrons. The van der Waals surface area contributed by atoms with Crippen molar-refractivity contribution in [3.63, 3.8) is 0 Å². The van der Waals surface area contributed by atoms with Crippen LogP contribution in [0.15, 0.2) is 89.3 Å². The number of rotatable bonds is 11.